The van der Waals surface area contributed by atoms with E-state index in [4.69, 9.17) is 10.5 Å². The number of likely N-dealkylation sites (N-methyl/N-ethyl adjacent to an activating group) is 1. The van der Waals surface area contributed by atoms with Crippen LogP contribution in [0, 0.1) is 0 Å². The first-order chi connectivity index (χ1) is 10.6. The Morgan fingerprint density at radius 1 is 1.14 bits per heavy atom. The number of carbonyl (C=O) groups is 1. The van der Waals surface area contributed by atoms with Crippen molar-refractivity contribution in [3.63, 3.8) is 0 Å². The number of nitrogens with zero attached hydrogens (tertiary/aromatic N) is 1. The highest BCUT2D eigenvalue weighted by molar-refractivity contribution is 5.94. The lowest BCUT2D eigenvalue weighted by Gasteiger charge is -2.23. The Balaban J connectivity index is 1.97. The summed E-state index contributed by atoms with van der Waals surface area (Å²) in [4.78, 5) is 13.9. The minimum Gasteiger partial charge on any atom is -0.489 e. The van der Waals surface area contributed by atoms with Gasteiger partial charge in [-0.3, -0.25) is 4.79 Å². The van der Waals surface area contributed by atoms with Gasteiger partial charge in [0.2, 0.25) is 0 Å². The molecule has 1 unspecified atom stereocenters. The molecule has 2 N–H and O–H groups in total. The summed E-state index contributed by atoms with van der Waals surface area (Å²) in [5.74, 6) is 0.711. The van der Waals surface area contributed by atoms with Gasteiger partial charge in [-0.1, -0.05) is 30.3 Å². The van der Waals surface area contributed by atoms with Gasteiger partial charge < -0.3 is 15.4 Å². The smallest absolute Gasteiger partial charge is 0.253 e. The van der Waals surface area contributed by atoms with E-state index >= 15 is 0 Å². The number of hydrogen-bond acceptors (Lipinski definition) is 3. The van der Waals surface area contributed by atoms with Crippen molar-refractivity contribution in [1.29, 1.82) is 0 Å². The Labute approximate surface area is 131 Å². The van der Waals surface area contributed by atoms with E-state index in [1.165, 1.54) is 0 Å². The predicted octanol–water partition coefficient (Wildman–Crippen LogP) is 2.68. The van der Waals surface area contributed by atoms with Crippen molar-refractivity contribution >= 4 is 5.91 Å². The van der Waals surface area contributed by atoms with Gasteiger partial charge in [0.15, 0.2) is 0 Å². The summed E-state index contributed by atoms with van der Waals surface area (Å²) >= 11 is 0. The van der Waals surface area contributed by atoms with Crippen molar-refractivity contribution < 1.29 is 9.53 Å². The molecule has 0 aliphatic carbocycles. The Morgan fingerprint density at radius 2 is 1.77 bits per heavy atom. The lowest BCUT2D eigenvalue weighted by Crippen LogP contribution is -2.39. The largest absolute Gasteiger partial charge is 0.489 e. The molecule has 4 nitrogen and oxygen atoms in total. The van der Waals surface area contributed by atoms with Crippen molar-refractivity contribution in [3.05, 3.63) is 65.7 Å². The van der Waals surface area contributed by atoms with Gasteiger partial charge in [-0.25, -0.2) is 0 Å². The first-order valence-corrected chi connectivity index (χ1v) is 7.36. The van der Waals surface area contributed by atoms with E-state index in [-0.39, 0.29) is 11.9 Å². The third-order valence-electron chi connectivity index (χ3n) is 3.67. The fourth-order valence-corrected chi connectivity index (χ4v) is 2.00. The normalized spacial score (nSPS) is 11.8. The van der Waals surface area contributed by atoms with E-state index in [2.05, 4.69) is 0 Å². The van der Waals surface area contributed by atoms with Crippen LogP contribution >= 0.6 is 0 Å². The van der Waals surface area contributed by atoms with Crippen LogP contribution < -0.4 is 10.5 Å². The number of rotatable bonds is 6. The molecule has 0 spiro atoms. The van der Waals surface area contributed by atoms with E-state index in [1.54, 1.807) is 24.1 Å². The van der Waals surface area contributed by atoms with Crippen LogP contribution in [-0.4, -0.2) is 30.4 Å². The zero-order valence-electron chi connectivity index (χ0n) is 13.0. The number of amides is 1. The third kappa shape index (κ3) is 4.09. The summed E-state index contributed by atoms with van der Waals surface area (Å²) in [5, 5.41) is 0. The van der Waals surface area contributed by atoms with E-state index in [0.717, 1.165) is 11.3 Å². The highest BCUT2D eigenvalue weighted by atomic mass is 16.5. The van der Waals surface area contributed by atoms with Crippen LogP contribution in [0.25, 0.3) is 0 Å². The molecular weight excluding hydrogens is 276 g/mol. The number of carbonyl (C=O) groups excluding carboxylic acids is 1. The van der Waals surface area contributed by atoms with Crippen molar-refractivity contribution in [3.8, 4) is 5.75 Å². The molecule has 22 heavy (non-hydrogen) atoms. The molecule has 0 aliphatic heterocycles. The first kappa shape index (κ1) is 16.0. The zero-order valence-corrected chi connectivity index (χ0v) is 13.0. The highest BCUT2D eigenvalue weighted by Gasteiger charge is 2.16. The molecule has 0 saturated carbocycles. The molecule has 0 heterocycles. The number of ether oxygens (including phenoxy) is 1. The van der Waals surface area contributed by atoms with E-state index in [1.807, 2.05) is 49.4 Å². The predicted molar refractivity (Wildman–Crippen MR) is 87.8 cm³/mol. The van der Waals surface area contributed by atoms with Gasteiger partial charge in [0.25, 0.3) is 5.91 Å². The summed E-state index contributed by atoms with van der Waals surface area (Å²) in [6.07, 6.45) is 0. The number of hydrogen-bond donors (Lipinski definition) is 1. The third-order valence-corrected chi connectivity index (χ3v) is 3.67. The molecule has 0 saturated heterocycles. The standard InChI is InChI=1S/C18H22N2O2/c1-14(12-19)20(2)18(21)16-8-10-17(11-9-16)22-13-15-6-4-3-5-7-15/h3-11,14H,12-13,19H2,1-2H3. The van der Waals surface area contributed by atoms with Crippen molar-refractivity contribution in [2.45, 2.75) is 19.6 Å². The van der Waals surface area contributed by atoms with Gasteiger partial charge in [-0.2, -0.15) is 0 Å². The lowest BCUT2D eigenvalue weighted by atomic mass is 10.1. The molecule has 0 aliphatic rings. The van der Waals surface area contributed by atoms with Gasteiger partial charge in [0.05, 0.1) is 0 Å². The zero-order chi connectivity index (χ0) is 15.9. The molecule has 0 radical (unpaired) electrons. The molecule has 4 heteroatoms. The van der Waals surface area contributed by atoms with E-state index in [9.17, 15) is 4.79 Å². The summed E-state index contributed by atoms with van der Waals surface area (Å²) in [5.41, 5.74) is 7.34. The lowest BCUT2D eigenvalue weighted by molar-refractivity contribution is 0.0748. The average Bonchev–Trinajstić information content (AvgIpc) is 2.59. The SMILES string of the molecule is CC(CN)N(C)C(=O)c1ccc(OCc2ccccc2)cc1. The van der Waals surface area contributed by atoms with Crippen LogP contribution in [0.15, 0.2) is 54.6 Å². The van der Waals surface area contributed by atoms with Gasteiger partial charge in [0, 0.05) is 25.2 Å². The maximum Gasteiger partial charge on any atom is 0.253 e. The topological polar surface area (TPSA) is 55.6 Å². The second-order valence-corrected chi connectivity index (χ2v) is 5.30. The second kappa shape index (κ2) is 7.61. The quantitative estimate of drug-likeness (QED) is 0.892. The minimum atomic E-state index is -0.0347. The van der Waals surface area contributed by atoms with Crippen molar-refractivity contribution in [1.82, 2.24) is 4.90 Å². The molecule has 0 aromatic heterocycles. The first-order valence-electron chi connectivity index (χ1n) is 7.36. The fourth-order valence-electron chi connectivity index (χ4n) is 2.00. The number of nitrogens with two attached hydrogens (primary N) is 1. The maximum absolute atomic E-state index is 12.3. The fraction of sp³-hybridized carbons (Fsp3) is 0.278. The van der Waals surface area contributed by atoms with Crippen LogP contribution in [0.2, 0.25) is 0 Å². The molecule has 1 amide bonds. The molecule has 2 rings (SSSR count). The second-order valence-electron chi connectivity index (χ2n) is 5.30. The van der Waals surface area contributed by atoms with Crippen molar-refractivity contribution in [2.24, 2.45) is 5.73 Å². The van der Waals surface area contributed by atoms with Crippen LogP contribution in [0.4, 0.5) is 0 Å². The summed E-state index contributed by atoms with van der Waals surface area (Å²) in [6, 6.07) is 17.2. The van der Waals surface area contributed by atoms with Crippen LogP contribution in [0.5, 0.6) is 5.75 Å². The maximum atomic E-state index is 12.3. The van der Waals surface area contributed by atoms with Gasteiger partial charge in [0.1, 0.15) is 12.4 Å². The van der Waals surface area contributed by atoms with Gasteiger partial charge >= 0.3 is 0 Å². The molecular formula is C18H22N2O2. The summed E-state index contributed by atoms with van der Waals surface area (Å²) in [7, 11) is 1.76. The Hall–Kier alpha value is -2.33. The molecule has 0 fully saturated rings. The molecule has 116 valence electrons. The Morgan fingerprint density at radius 3 is 2.36 bits per heavy atom. The monoisotopic (exact) mass is 298 g/mol. The highest BCUT2D eigenvalue weighted by Crippen LogP contribution is 2.15. The average molecular weight is 298 g/mol. The van der Waals surface area contributed by atoms with Gasteiger partial charge in [-0.15, -0.1) is 0 Å². The minimum absolute atomic E-state index is 0.0153. The van der Waals surface area contributed by atoms with E-state index in [0.29, 0.717) is 18.7 Å². The molecule has 0 bridgehead atoms. The van der Waals surface area contributed by atoms with E-state index < -0.39 is 0 Å². The summed E-state index contributed by atoms with van der Waals surface area (Å²) in [6.45, 7) is 2.88. The van der Waals surface area contributed by atoms with Crippen LogP contribution in [0.1, 0.15) is 22.8 Å². The van der Waals surface area contributed by atoms with Crippen LogP contribution in [0.3, 0.4) is 0 Å². The summed E-state index contributed by atoms with van der Waals surface area (Å²) < 4.78 is 5.71. The Kier molecular flexibility index (Phi) is 5.55. The molecule has 2 aromatic rings. The number of benzene rings is 2. The van der Waals surface area contributed by atoms with Crippen LogP contribution in [-0.2, 0) is 6.61 Å². The molecule has 1 atom stereocenters. The van der Waals surface area contributed by atoms with Crippen molar-refractivity contribution in [2.75, 3.05) is 13.6 Å². The Bertz CT molecular complexity index is 596. The molecule has 2 aromatic carbocycles. The van der Waals surface area contributed by atoms with Gasteiger partial charge in [-0.05, 0) is 36.8 Å².